The van der Waals surface area contributed by atoms with Gasteiger partial charge >= 0.3 is 6.03 Å². The van der Waals surface area contributed by atoms with E-state index in [2.05, 4.69) is 5.32 Å². The van der Waals surface area contributed by atoms with E-state index in [1.165, 1.54) is 0 Å². The first kappa shape index (κ1) is 20.7. The average molecular weight is 435 g/mol. The van der Waals surface area contributed by atoms with Gasteiger partial charge in [0.05, 0.1) is 6.04 Å². The minimum atomic E-state index is -4.17. The van der Waals surface area contributed by atoms with Crippen molar-refractivity contribution >= 4 is 16.1 Å². The third-order valence-corrected chi connectivity index (χ3v) is 7.48. The Hall–Kier alpha value is -2.52. The Morgan fingerprint density at radius 3 is 2.30 bits per heavy atom. The summed E-state index contributed by atoms with van der Waals surface area (Å²) in [6, 6.07) is 11.8. The summed E-state index contributed by atoms with van der Waals surface area (Å²) in [4.78, 5) is 13.7. The van der Waals surface area contributed by atoms with Crippen LogP contribution in [0.15, 0.2) is 53.4 Å². The summed E-state index contributed by atoms with van der Waals surface area (Å²) in [6.07, 6.45) is 2.12. The maximum Gasteiger partial charge on any atom is 0.317 e. The van der Waals surface area contributed by atoms with Crippen LogP contribution in [0.4, 0.5) is 13.6 Å². The lowest BCUT2D eigenvalue weighted by Crippen LogP contribution is -2.53. The van der Waals surface area contributed by atoms with Crippen LogP contribution < -0.4 is 5.32 Å². The molecule has 0 unspecified atom stereocenters. The fourth-order valence-electron chi connectivity index (χ4n) is 3.73. The van der Waals surface area contributed by atoms with Gasteiger partial charge in [-0.15, -0.1) is 0 Å². The molecule has 1 N–H and O–H groups in total. The number of benzene rings is 2. The number of carbonyl (C=O) groups excluding carboxylic acids is 1. The van der Waals surface area contributed by atoms with Gasteiger partial charge in [0.2, 0.25) is 10.0 Å². The molecule has 30 heavy (non-hydrogen) atoms. The van der Waals surface area contributed by atoms with Crippen molar-refractivity contribution in [2.24, 2.45) is 5.92 Å². The van der Waals surface area contributed by atoms with E-state index in [0.29, 0.717) is 12.0 Å². The molecule has 2 aromatic rings. The molecule has 2 aliphatic rings. The van der Waals surface area contributed by atoms with Crippen molar-refractivity contribution in [2.45, 2.75) is 23.8 Å². The molecule has 0 aromatic heterocycles. The Morgan fingerprint density at radius 2 is 1.67 bits per heavy atom. The number of carbonyl (C=O) groups is 1. The number of sulfonamides is 1. The topological polar surface area (TPSA) is 69.7 Å². The first-order valence-corrected chi connectivity index (χ1v) is 11.4. The number of piperazine rings is 1. The Balaban J connectivity index is 1.40. The minimum Gasteiger partial charge on any atom is -0.331 e. The molecule has 9 heteroatoms. The Bertz CT molecular complexity index is 1020. The zero-order valence-electron chi connectivity index (χ0n) is 16.3. The molecule has 2 amide bonds. The summed E-state index contributed by atoms with van der Waals surface area (Å²) in [5, 5.41) is 3.08. The van der Waals surface area contributed by atoms with Gasteiger partial charge in [-0.05, 0) is 42.5 Å². The molecule has 2 fully saturated rings. The van der Waals surface area contributed by atoms with E-state index in [1.807, 2.05) is 30.3 Å². The van der Waals surface area contributed by atoms with E-state index < -0.39 is 26.6 Å². The van der Waals surface area contributed by atoms with E-state index in [4.69, 9.17) is 0 Å². The number of urea groups is 1. The molecule has 2 aromatic carbocycles. The fraction of sp³-hybridized carbons (Fsp3) is 0.381. The second-order valence-electron chi connectivity index (χ2n) is 7.64. The first-order valence-electron chi connectivity index (χ1n) is 9.92. The van der Waals surface area contributed by atoms with Crippen LogP contribution in [0, 0.1) is 17.6 Å². The summed E-state index contributed by atoms with van der Waals surface area (Å²) < 4.78 is 53.9. The van der Waals surface area contributed by atoms with Gasteiger partial charge in [-0.2, -0.15) is 4.31 Å². The van der Waals surface area contributed by atoms with Crippen molar-refractivity contribution in [3.8, 4) is 0 Å². The van der Waals surface area contributed by atoms with Crippen LogP contribution in [0.5, 0.6) is 0 Å². The lowest BCUT2D eigenvalue weighted by molar-refractivity contribution is 0.167. The predicted molar refractivity (Wildman–Crippen MR) is 107 cm³/mol. The first-order chi connectivity index (χ1) is 14.4. The van der Waals surface area contributed by atoms with E-state index in [0.717, 1.165) is 34.8 Å². The van der Waals surface area contributed by atoms with Gasteiger partial charge in [-0.3, -0.25) is 0 Å². The number of rotatable bonds is 5. The van der Waals surface area contributed by atoms with E-state index in [-0.39, 0.29) is 38.3 Å². The van der Waals surface area contributed by atoms with Crippen molar-refractivity contribution in [2.75, 3.05) is 26.2 Å². The van der Waals surface area contributed by atoms with Crippen LogP contribution in [-0.2, 0) is 10.0 Å². The largest absolute Gasteiger partial charge is 0.331 e. The molecule has 0 radical (unpaired) electrons. The molecule has 1 aliphatic carbocycles. The predicted octanol–water partition coefficient (Wildman–Crippen LogP) is 3.13. The highest BCUT2D eigenvalue weighted by molar-refractivity contribution is 7.89. The molecular weight excluding hydrogens is 412 g/mol. The molecule has 1 heterocycles. The van der Waals surface area contributed by atoms with Crippen molar-refractivity contribution in [3.63, 3.8) is 0 Å². The zero-order chi connectivity index (χ0) is 21.3. The van der Waals surface area contributed by atoms with Crippen molar-refractivity contribution < 1.29 is 22.0 Å². The summed E-state index contributed by atoms with van der Waals surface area (Å²) in [6.45, 7) is 0.388. The zero-order valence-corrected chi connectivity index (χ0v) is 17.1. The number of amides is 2. The fourth-order valence-corrected chi connectivity index (χ4v) is 5.23. The minimum absolute atomic E-state index is 0.0190. The highest BCUT2D eigenvalue weighted by Crippen LogP contribution is 2.41. The van der Waals surface area contributed by atoms with Gasteiger partial charge < -0.3 is 10.2 Å². The standard InChI is InChI=1S/C21H23F2N3O3S/c22-17-8-9-18(23)19(14-17)30(28,29)26-12-10-25(11-13-26)21(27)24-20(16-6-7-16)15-4-2-1-3-5-15/h1-5,8-9,14,16,20H,6-7,10-13H2,(H,24,27)/t20-/m0/s1. The second-order valence-corrected chi connectivity index (χ2v) is 9.55. The van der Waals surface area contributed by atoms with Crippen LogP contribution in [0.3, 0.4) is 0 Å². The van der Waals surface area contributed by atoms with E-state index >= 15 is 0 Å². The number of hydrogen-bond donors (Lipinski definition) is 1. The monoisotopic (exact) mass is 435 g/mol. The molecule has 4 rings (SSSR count). The summed E-state index contributed by atoms with van der Waals surface area (Å²) in [5.74, 6) is -1.40. The highest BCUT2D eigenvalue weighted by atomic mass is 32.2. The van der Waals surface area contributed by atoms with Crippen LogP contribution in [-0.4, -0.2) is 49.8 Å². The summed E-state index contributed by atoms with van der Waals surface area (Å²) >= 11 is 0. The highest BCUT2D eigenvalue weighted by Gasteiger charge is 2.36. The molecule has 0 spiro atoms. The number of halogens is 2. The van der Waals surface area contributed by atoms with Crippen LogP contribution in [0.2, 0.25) is 0 Å². The maximum atomic E-state index is 14.0. The lowest BCUT2D eigenvalue weighted by Gasteiger charge is -2.35. The third-order valence-electron chi connectivity index (χ3n) is 5.57. The van der Waals surface area contributed by atoms with Gasteiger partial charge in [0.15, 0.2) is 0 Å². The molecule has 0 bridgehead atoms. The maximum absolute atomic E-state index is 14.0. The number of hydrogen-bond acceptors (Lipinski definition) is 3. The smallest absolute Gasteiger partial charge is 0.317 e. The van der Waals surface area contributed by atoms with Gasteiger partial charge in [-0.1, -0.05) is 30.3 Å². The molecule has 1 saturated heterocycles. The van der Waals surface area contributed by atoms with Gasteiger partial charge in [-0.25, -0.2) is 22.0 Å². The lowest BCUT2D eigenvalue weighted by atomic mass is 10.0. The molecule has 160 valence electrons. The summed E-state index contributed by atoms with van der Waals surface area (Å²) in [7, 11) is -4.17. The Labute approximate surface area is 174 Å². The van der Waals surface area contributed by atoms with Crippen molar-refractivity contribution in [1.29, 1.82) is 0 Å². The van der Waals surface area contributed by atoms with Crippen LogP contribution in [0.25, 0.3) is 0 Å². The Kier molecular flexibility index (Phi) is 5.75. The van der Waals surface area contributed by atoms with Crippen LogP contribution >= 0.6 is 0 Å². The molecule has 1 saturated carbocycles. The molecular formula is C21H23F2N3O3S. The third kappa shape index (κ3) is 4.32. The molecule has 1 aliphatic heterocycles. The quantitative estimate of drug-likeness (QED) is 0.785. The second kappa shape index (κ2) is 8.31. The van der Waals surface area contributed by atoms with E-state index in [9.17, 15) is 22.0 Å². The normalized spacial score (nSPS) is 18.8. The summed E-state index contributed by atoms with van der Waals surface area (Å²) in [5.41, 5.74) is 1.05. The molecule has 6 nitrogen and oxygen atoms in total. The van der Waals surface area contributed by atoms with Gasteiger partial charge in [0.25, 0.3) is 0 Å². The van der Waals surface area contributed by atoms with E-state index in [1.54, 1.807) is 4.90 Å². The number of nitrogens with zero attached hydrogens (tertiary/aromatic N) is 2. The van der Waals surface area contributed by atoms with Crippen molar-refractivity contribution in [3.05, 3.63) is 65.7 Å². The Morgan fingerprint density at radius 1 is 1.00 bits per heavy atom. The van der Waals surface area contributed by atoms with Crippen molar-refractivity contribution in [1.82, 2.24) is 14.5 Å². The average Bonchev–Trinajstić information content (AvgIpc) is 3.59. The molecule has 1 atom stereocenters. The van der Waals surface area contributed by atoms with Gasteiger partial charge in [0.1, 0.15) is 16.5 Å². The van der Waals surface area contributed by atoms with Gasteiger partial charge in [0, 0.05) is 26.2 Å². The van der Waals surface area contributed by atoms with Crippen LogP contribution in [0.1, 0.15) is 24.4 Å². The SMILES string of the molecule is O=C(N[C@@H](c1ccccc1)C1CC1)N1CCN(S(=O)(=O)c2cc(F)ccc2F)CC1. The number of nitrogens with one attached hydrogen (secondary N) is 1.